The van der Waals surface area contributed by atoms with Gasteiger partial charge in [-0.15, -0.1) is 11.3 Å². The quantitative estimate of drug-likeness (QED) is 0.381. The van der Waals surface area contributed by atoms with Crippen molar-refractivity contribution in [1.29, 1.82) is 0 Å². The van der Waals surface area contributed by atoms with Gasteiger partial charge in [0.15, 0.2) is 0 Å². The molecule has 180 valence electrons. The molecular weight excluding hydrogens is 442 g/mol. The number of urea groups is 1. The van der Waals surface area contributed by atoms with Gasteiger partial charge in [0.1, 0.15) is 6.54 Å². The summed E-state index contributed by atoms with van der Waals surface area (Å²) in [6, 6.07) is 19.8. The molecule has 0 bridgehead atoms. The highest BCUT2D eigenvalue weighted by Gasteiger charge is 2.26. The van der Waals surface area contributed by atoms with Gasteiger partial charge in [-0.3, -0.25) is 4.79 Å². The van der Waals surface area contributed by atoms with Gasteiger partial charge in [0, 0.05) is 28.0 Å². The third-order valence-electron chi connectivity index (χ3n) is 6.11. The highest BCUT2D eigenvalue weighted by molar-refractivity contribution is 7.11. The molecule has 1 heterocycles. The third kappa shape index (κ3) is 6.70. The summed E-state index contributed by atoms with van der Waals surface area (Å²) in [5.41, 5.74) is 3.88. The number of hydrogen-bond donors (Lipinski definition) is 1. The maximum Gasteiger partial charge on any atom is 0.322 e. The normalized spacial score (nSPS) is 11.7. The first kappa shape index (κ1) is 25.5. The molecule has 0 saturated heterocycles. The molecule has 1 unspecified atom stereocenters. The van der Waals surface area contributed by atoms with E-state index in [0.29, 0.717) is 13.1 Å². The fraction of sp³-hybridized carbons (Fsp3) is 0.357. The summed E-state index contributed by atoms with van der Waals surface area (Å²) in [5.74, 6) is -0.0631. The first-order chi connectivity index (χ1) is 16.3. The summed E-state index contributed by atoms with van der Waals surface area (Å²) in [6.07, 6.45) is 0.760. The van der Waals surface area contributed by atoms with Crippen molar-refractivity contribution in [1.82, 2.24) is 9.80 Å². The lowest BCUT2D eigenvalue weighted by molar-refractivity contribution is -0.133. The van der Waals surface area contributed by atoms with Crippen LogP contribution in [0.15, 0.2) is 60.7 Å². The number of rotatable bonds is 9. The maximum absolute atomic E-state index is 13.6. The van der Waals surface area contributed by atoms with Gasteiger partial charge in [0.25, 0.3) is 0 Å². The molecule has 0 radical (unpaired) electrons. The molecule has 0 fully saturated rings. The van der Waals surface area contributed by atoms with Crippen LogP contribution in [0, 0.1) is 20.8 Å². The summed E-state index contributed by atoms with van der Waals surface area (Å²) in [7, 11) is 0. The van der Waals surface area contributed by atoms with Crippen molar-refractivity contribution in [3.63, 3.8) is 0 Å². The van der Waals surface area contributed by atoms with Crippen molar-refractivity contribution in [3.8, 4) is 0 Å². The average molecular weight is 478 g/mol. The number of para-hydroxylation sites is 1. The number of nitrogens with one attached hydrogen (secondary N) is 1. The van der Waals surface area contributed by atoms with E-state index in [1.807, 2.05) is 81.1 Å². The van der Waals surface area contributed by atoms with Gasteiger partial charge in [-0.2, -0.15) is 0 Å². The van der Waals surface area contributed by atoms with Crippen molar-refractivity contribution >= 4 is 29.0 Å². The first-order valence-corrected chi connectivity index (χ1v) is 12.6. The zero-order chi connectivity index (χ0) is 24.7. The second kappa shape index (κ2) is 11.8. The van der Waals surface area contributed by atoms with E-state index in [0.717, 1.165) is 33.7 Å². The number of nitrogens with zero attached hydrogens (tertiary/aromatic N) is 2. The van der Waals surface area contributed by atoms with E-state index in [-0.39, 0.29) is 24.5 Å². The molecule has 1 N–H and O–H groups in total. The fourth-order valence-corrected chi connectivity index (χ4v) is 4.78. The zero-order valence-corrected chi connectivity index (χ0v) is 21.6. The minimum Gasteiger partial charge on any atom is -0.332 e. The van der Waals surface area contributed by atoms with Crippen LogP contribution in [0.25, 0.3) is 0 Å². The van der Waals surface area contributed by atoms with Gasteiger partial charge in [-0.25, -0.2) is 4.79 Å². The van der Waals surface area contributed by atoms with Crippen LogP contribution in [-0.4, -0.2) is 34.3 Å². The summed E-state index contributed by atoms with van der Waals surface area (Å²) in [6.45, 7) is 11.1. The van der Waals surface area contributed by atoms with Crippen molar-refractivity contribution < 1.29 is 9.59 Å². The first-order valence-electron chi connectivity index (χ1n) is 11.8. The highest BCUT2D eigenvalue weighted by atomic mass is 32.1. The van der Waals surface area contributed by atoms with E-state index in [1.54, 1.807) is 16.2 Å². The molecule has 0 spiro atoms. The Hall–Kier alpha value is -3.12. The lowest BCUT2D eigenvalue weighted by Gasteiger charge is -2.31. The second-order valence-electron chi connectivity index (χ2n) is 8.83. The van der Waals surface area contributed by atoms with E-state index < -0.39 is 0 Å². The zero-order valence-electron chi connectivity index (χ0n) is 20.8. The van der Waals surface area contributed by atoms with Crippen molar-refractivity contribution in [2.75, 3.05) is 11.9 Å². The van der Waals surface area contributed by atoms with E-state index >= 15 is 0 Å². The summed E-state index contributed by atoms with van der Waals surface area (Å²) in [5, 5.41) is 3.06. The van der Waals surface area contributed by atoms with Gasteiger partial charge in [-0.05, 0) is 62.9 Å². The molecule has 0 aliphatic rings. The monoisotopic (exact) mass is 477 g/mol. The van der Waals surface area contributed by atoms with Crippen molar-refractivity contribution in [2.24, 2.45) is 0 Å². The Morgan fingerprint density at radius 1 is 0.912 bits per heavy atom. The minimum atomic E-state index is -0.244. The van der Waals surface area contributed by atoms with Gasteiger partial charge >= 0.3 is 6.03 Å². The van der Waals surface area contributed by atoms with Crippen LogP contribution in [-0.2, 0) is 17.9 Å². The van der Waals surface area contributed by atoms with E-state index in [1.165, 1.54) is 4.88 Å². The average Bonchev–Trinajstić information content (AvgIpc) is 3.24. The smallest absolute Gasteiger partial charge is 0.322 e. The molecule has 3 rings (SSSR count). The minimum absolute atomic E-state index is 0.0307. The van der Waals surface area contributed by atoms with E-state index in [2.05, 4.69) is 24.4 Å². The maximum atomic E-state index is 13.6. The number of aryl methyl sites for hydroxylation is 3. The molecule has 1 aromatic heterocycles. The molecule has 0 saturated carbocycles. The van der Waals surface area contributed by atoms with Crippen LogP contribution < -0.4 is 5.32 Å². The second-order valence-corrected chi connectivity index (χ2v) is 10.2. The van der Waals surface area contributed by atoms with Crippen LogP contribution in [0.2, 0.25) is 0 Å². The molecule has 5 nitrogen and oxygen atoms in total. The molecule has 6 heteroatoms. The number of anilines is 1. The van der Waals surface area contributed by atoms with Gasteiger partial charge < -0.3 is 15.1 Å². The van der Waals surface area contributed by atoms with Crippen molar-refractivity contribution in [3.05, 3.63) is 87.1 Å². The number of thiophene rings is 1. The number of amides is 3. The summed E-state index contributed by atoms with van der Waals surface area (Å²) < 4.78 is 0. The fourth-order valence-electron chi connectivity index (χ4n) is 3.88. The Balaban J connectivity index is 1.81. The van der Waals surface area contributed by atoms with E-state index in [4.69, 9.17) is 0 Å². The molecule has 3 aromatic rings. The molecule has 2 aromatic carbocycles. The number of hydrogen-bond acceptors (Lipinski definition) is 3. The molecule has 0 aliphatic heterocycles. The summed E-state index contributed by atoms with van der Waals surface area (Å²) >= 11 is 1.70. The van der Waals surface area contributed by atoms with Crippen LogP contribution in [0.3, 0.4) is 0 Å². The van der Waals surface area contributed by atoms with Gasteiger partial charge in [0.05, 0.1) is 6.54 Å². The Morgan fingerprint density at radius 3 is 2.18 bits per heavy atom. The number of carbonyl (C=O) groups is 2. The summed E-state index contributed by atoms with van der Waals surface area (Å²) in [4.78, 5) is 32.8. The Bertz CT molecular complexity index is 1090. The number of benzene rings is 2. The molecular formula is C28H35N3O2S. The largest absolute Gasteiger partial charge is 0.332 e. The van der Waals surface area contributed by atoms with Crippen LogP contribution in [0.4, 0.5) is 10.5 Å². The lowest BCUT2D eigenvalue weighted by Crippen LogP contribution is -2.48. The Morgan fingerprint density at radius 2 is 1.59 bits per heavy atom. The molecule has 3 amide bonds. The predicted molar refractivity (Wildman–Crippen MR) is 141 cm³/mol. The lowest BCUT2D eigenvalue weighted by atomic mass is 10.1. The standard InChI is InChI=1S/C28H35N3O2S/c1-6-22(4)31(28(33)29-27-20(2)11-10-12-21(27)3)19-26(32)30(17-24-13-8-7-9-14-24)18-25-16-15-23(5)34-25/h7-16,22H,6,17-19H2,1-5H3,(H,29,33). The molecule has 34 heavy (non-hydrogen) atoms. The van der Waals surface area contributed by atoms with Gasteiger partial charge in [-0.1, -0.05) is 55.5 Å². The van der Waals surface area contributed by atoms with Crippen LogP contribution in [0.5, 0.6) is 0 Å². The Labute approximate surface area is 207 Å². The Kier molecular flexibility index (Phi) is 8.88. The molecule has 0 aliphatic carbocycles. The van der Waals surface area contributed by atoms with Crippen molar-refractivity contribution in [2.45, 2.75) is 60.2 Å². The highest BCUT2D eigenvalue weighted by Crippen LogP contribution is 2.22. The van der Waals surface area contributed by atoms with Crippen LogP contribution in [0.1, 0.15) is 46.7 Å². The van der Waals surface area contributed by atoms with E-state index in [9.17, 15) is 9.59 Å². The van der Waals surface area contributed by atoms with Crippen LogP contribution >= 0.6 is 11.3 Å². The topological polar surface area (TPSA) is 52.7 Å². The molecule has 1 atom stereocenters. The third-order valence-corrected chi connectivity index (χ3v) is 7.10. The predicted octanol–water partition coefficient (Wildman–Crippen LogP) is 6.53. The number of carbonyl (C=O) groups excluding carboxylic acids is 2. The SMILES string of the molecule is CCC(C)N(CC(=O)N(Cc1ccccc1)Cc1ccc(C)s1)C(=O)Nc1c(C)cccc1C. The van der Waals surface area contributed by atoms with Gasteiger partial charge in [0.2, 0.25) is 5.91 Å².